The van der Waals surface area contributed by atoms with E-state index >= 15 is 0 Å². The van der Waals surface area contributed by atoms with Gasteiger partial charge in [0.2, 0.25) is 0 Å². The van der Waals surface area contributed by atoms with Crippen molar-refractivity contribution in [3.63, 3.8) is 0 Å². The summed E-state index contributed by atoms with van der Waals surface area (Å²) >= 11 is 3.69. The molecule has 0 spiro atoms. The van der Waals surface area contributed by atoms with Gasteiger partial charge in [-0.15, -0.1) is 0 Å². The minimum Gasteiger partial charge on any atom is -0.256 e. The van der Waals surface area contributed by atoms with Gasteiger partial charge in [-0.3, -0.25) is 4.98 Å². The van der Waals surface area contributed by atoms with Crippen molar-refractivity contribution < 1.29 is 0 Å². The molecular weight excluding hydrogens is 454 g/mol. The zero-order valence-electron chi connectivity index (χ0n) is 18.9. The van der Waals surface area contributed by atoms with Gasteiger partial charge in [0.15, 0.2) is 0 Å². The second kappa shape index (κ2) is 7.86. The summed E-state index contributed by atoms with van der Waals surface area (Å²) in [5.41, 5.74) is 7.37. The van der Waals surface area contributed by atoms with Crippen LogP contribution in [0.5, 0.6) is 0 Å². The second-order valence-electron chi connectivity index (χ2n) is 9.52. The molecule has 0 bridgehead atoms. The molecular formula is C30H26BrN. The quantitative estimate of drug-likeness (QED) is 0.230. The Labute approximate surface area is 198 Å². The number of rotatable bonds is 2. The van der Waals surface area contributed by atoms with Gasteiger partial charge in [0.05, 0.1) is 5.69 Å². The minimum atomic E-state index is 0.138. The molecule has 5 aromatic rings. The Bertz CT molecular complexity index is 1470. The van der Waals surface area contributed by atoms with Crippen LogP contribution in [0.4, 0.5) is 0 Å². The molecule has 0 saturated heterocycles. The molecule has 158 valence electrons. The first-order chi connectivity index (χ1) is 15.3. The molecule has 0 N–H and O–H groups in total. The largest absolute Gasteiger partial charge is 0.256 e. The van der Waals surface area contributed by atoms with Crippen LogP contribution in [-0.2, 0) is 5.41 Å². The first-order valence-corrected chi connectivity index (χ1v) is 11.8. The summed E-state index contributed by atoms with van der Waals surface area (Å²) in [5.74, 6) is 0. The predicted octanol–water partition coefficient (Wildman–Crippen LogP) is 9.09. The van der Waals surface area contributed by atoms with Gasteiger partial charge in [0.1, 0.15) is 0 Å². The van der Waals surface area contributed by atoms with Gasteiger partial charge in [0.25, 0.3) is 0 Å². The lowest BCUT2D eigenvalue weighted by molar-refractivity contribution is 0.591. The molecule has 1 nitrogen and oxygen atoms in total. The molecule has 4 aromatic carbocycles. The van der Waals surface area contributed by atoms with Gasteiger partial charge in [-0.25, -0.2) is 0 Å². The number of halogens is 1. The Morgan fingerprint density at radius 1 is 0.719 bits per heavy atom. The molecule has 2 heteroatoms. The molecule has 0 fully saturated rings. The summed E-state index contributed by atoms with van der Waals surface area (Å²) in [6, 6.07) is 28.5. The topological polar surface area (TPSA) is 12.9 Å². The molecule has 0 aliphatic heterocycles. The number of nitrogens with zero attached hydrogens (tertiary/aromatic N) is 1. The van der Waals surface area contributed by atoms with Crippen molar-refractivity contribution in [2.45, 2.75) is 33.1 Å². The maximum Gasteiger partial charge on any atom is 0.0780 e. The Balaban J connectivity index is 1.65. The highest BCUT2D eigenvalue weighted by atomic mass is 79.9. The van der Waals surface area contributed by atoms with Crippen LogP contribution in [0.25, 0.3) is 43.9 Å². The standard InChI is InChI=1S/C30H26BrN/c1-19-17-21(10-12-23(19)26-7-5-6-8-28(26)31)29-27-13-9-20-18-22(30(2,3)4)11-14-24(20)25(27)15-16-32-29/h5-18H,1-4H3. The van der Waals surface area contributed by atoms with E-state index in [2.05, 4.69) is 116 Å². The van der Waals surface area contributed by atoms with Crippen LogP contribution in [0.15, 0.2) is 89.5 Å². The van der Waals surface area contributed by atoms with E-state index in [-0.39, 0.29) is 5.41 Å². The molecule has 0 aliphatic carbocycles. The zero-order chi connectivity index (χ0) is 22.5. The Morgan fingerprint density at radius 3 is 2.25 bits per heavy atom. The van der Waals surface area contributed by atoms with Crippen LogP contribution < -0.4 is 0 Å². The molecule has 0 aliphatic rings. The monoisotopic (exact) mass is 479 g/mol. The predicted molar refractivity (Wildman–Crippen MR) is 141 cm³/mol. The average Bonchev–Trinajstić information content (AvgIpc) is 2.78. The van der Waals surface area contributed by atoms with Crippen LogP contribution in [0, 0.1) is 6.92 Å². The summed E-state index contributed by atoms with van der Waals surface area (Å²) in [5, 5.41) is 5.00. The number of aryl methyl sites for hydroxylation is 1. The molecule has 5 rings (SSSR count). The van der Waals surface area contributed by atoms with Crippen molar-refractivity contribution in [2.75, 3.05) is 0 Å². The van der Waals surface area contributed by atoms with Crippen LogP contribution in [0.3, 0.4) is 0 Å². The lowest BCUT2D eigenvalue weighted by atomic mass is 9.85. The number of benzene rings is 4. The van der Waals surface area contributed by atoms with E-state index in [1.165, 1.54) is 43.8 Å². The first-order valence-electron chi connectivity index (χ1n) is 11.0. The Morgan fingerprint density at radius 2 is 1.50 bits per heavy atom. The van der Waals surface area contributed by atoms with Crippen molar-refractivity contribution in [2.24, 2.45) is 0 Å². The SMILES string of the molecule is Cc1cc(-c2nccc3c2ccc2cc(C(C)(C)C)ccc23)ccc1-c1ccccc1Br. The Hall–Kier alpha value is -2.97. The van der Waals surface area contributed by atoms with E-state index in [1.54, 1.807) is 0 Å². The third-order valence-electron chi connectivity index (χ3n) is 6.29. The van der Waals surface area contributed by atoms with Crippen LogP contribution >= 0.6 is 15.9 Å². The van der Waals surface area contributed by atoms with Gasteiger partial charge in [-0.2, -0.15) is 0 Å². The van der Waals surface area contributed by atoms with Crippen LogP contribution in [0.2, 0.25) is 0 Å². The summed E-state index contributed by atoms with van der Waals surface area (Å²) < 4.78 is 1.11. The highest BCUT2D eigenvalue weighted by Gasteiger charge is 2.15. The molecule has 0 saturated carbocycles. The lowest BCUT2D eigenvalue weighted by Crippen LogP contribution is -2.10. The van der Waals surface area contributed by atoms with E-state index in [0.29, 0.717) is 0 Å². The number of aromatic nitrogens is 1. The van der Waals surface area contributed by atoms with Gasteiger partial charge in [0, 0.05) is 21.6 Å². The second-order valence-corrected chi connectivity index (χ2v) is 10.4. The third-order valence-corrected chi connectivity index (χ3v) is 6.98. The van der Waals surface area contributed by atoms with Crippen molar-refractivity contribution in [1.82, 2.24) is 4.98 Å². The number of fused-ring (bicyclic) bond motifs is 3. The summed E-state index contributed by atoms with van der Waals surface area (Å²) in [7, 11) is 0. The number of hydrogen-bond acceptors (Lipinski definition) is 1. The molecule has 0 unspecified atom stereocenters. The molecule has 0 amide bonds. The highest BCUT2D eigenvalue weighted by molar-refractivity contribution is 9.10. The van der Waals surface area contributed by atoms with Crippen molar-refractivity contribution >= 4 is 37.5 Å². The zero-order valence-corrected chi connectivity index (χ0v) is 20.5. The highest BCUT2D eigenvalue weighted by Crippen LogP contribution is 2.36. The van der Waals surface area contributed by atoms with Gasteiger partial charge in [-0.05, 0) is 69.0 Å². The maximum absolute atomic E-state index is 4.79. The van der Waals surface area contributed by atoms with Gasteiger partial charge in [-0.1, -0.05) is 97.4 Å². The van der Waals surface area contributed by atoms with E-state index in [1.807, 2.05) is 12.3 Å². The van der Waals surface area contributed by atoms with E-state index in [0.717, 1.165) is 15.7 Å². The molecule has 1 heterocycles. The van der Waals surface area contributed by atoms with Crippen LogP contribution in [0.1, 0.15) is 31.9 Å². The molecule has 0 radical (unpaired) electrons. The minimum absolute atomic E-state index is 0.138. The molecule has 32 heavy (non-hydrogen) atoms. The lowest BCUT2D eigenvalue weighted by Gasteiger charge is -2.20. The normalized spacial score (nSPS) is 11.9. The summed E-state index contributed by atoms with van der Waals surface area (Å²) in [6.07, 6.45) is 1.94. The number of hydrogen-bond donors (Lipinski definition) is 0. The van der Waals surface area contributed by atoms with E-state index < -0.39 is 0 Å². The average molecular weight is 480 g/mol. The molecule has 1 aromatic heterocycles. The fraction of sp³-hybridized carbons (Fsp3) is 0.167. The van der Waals surface area contributed by atoms with Crippen molar-refractivity contribution in [1.29, 1.82) is 0 Å². The maximum atomic E-state index is 4.79. The summed E-state index contributed by atoms with van der Waals surface area (Å²) in [4.78, 5) is 4.79. The van der Waals surface area contributed by atoms with Gasteiger partial charge < -0.3 is 0 Å². The van der Waals surface area contributed by atoms with E-state index in [9.17, 15) is 0 Å². The summed E-state index contributed by atoms with van der Waals surface area (Å²) in [6.45, 7) is 8.96. The number of pyridine rings is 1. The van der Waals surface area contributed by atoms with Crippen LogP contribution in [-0.4, -0.2) is 4.98 Å². The smallest absolute Gasteiger partial charge is 0.0780 e. The first kappa shape index (κ1) is 20.9. The fourth-order valence-electron chi connectivity index (χ4n) is 4.49. The van der Waals surface area contributed by atoms with Crippen molar-refractivity contribution in [3.8, 4) is 22.4 Å². The molecule has 0 atom stereocenters. The fourth-order valence-corrected chi connectivity index (χ4v) is 4.98. The Kier molecular flexibility index (Phi) is 5.14. The van der Waals surface area contributed by atoms with Crippen molar-refractivity contribution in [3.05, 3.63) is 101 Å². The van der Waals surface area contributed by atoms with Gasteiger partial charge >= 0.3 is 0 Å². The third kappa shape index (κ3) is 3.63. The van der Waals surface area contributed by atoms with E-state index in [4.69, 9.17) is 4.98 Å².